The van der Waals surface area contributed by atoms with Gasteiger partial charge in [-0.05, 0) is 68.3 Å². The Labute approximate surface area is 191 Å². The van der Waals surface area contributed by atoms with Crippen molar-refractivity contribution in [2.75, 3.05) is 23.5 Å². The van der Waals surface area contributed by atoms with Crippen LogP contribution in [0.1, 0.15) is 68.8 Å². The molecule has 1 aromatic heterocycles. The van der Waals surface area contributed by atoms with Gasteiger partial charge in [0.1, 0.15) is 5.82 Å². The van der Waals surface area contributed by atoms with Gasteiger partial charge in [-0.15, -0.1) is 0 Å². The summed E-state index contributed by atoms with van der Waals surface area (Å²) >= 11 is 6.40. The van der Waals surface area contributed by atoms with E-state index in [1.165, 1.54) is 22.4 Å². The number of hydrogen-bond donors (Lipinski definition) is 0. The van der Waals surface area contributed by atoms with Gasteiger partial charge in [-0.1, -0.05) is 26.0 Å². The highest BCUT2D eigenvalue weighted by Gasteiger charge is 2.35. The lowest BCUT2D eigenvalue weighted by atomic mass is 9.93. The molecule has 2 aliphatic heterocycles. The Hall–Kier alpha value is -1.85. The number of fused-ring (bicyclic) bond motifs is 1. The molecule has 5 nitrogen and oxygen atoms in total. The number of rotatable bonds is 4. The zero-order valence-electron chi connectivity index (χ0n) is 19.7. The molecule has 0 N–H and O–H groups in total. The van der Waals surface area contributed by atoms with Crippen molar-refractivity contribution in [3.8, 4) is 0 Å². The summed E-state index contributed by atoms with van der Waals surface area (Å²) in [7, 11) is 1.81. The summed E-state index contributed by atoms with van der Waals surface area (Å²) in [4.78, 5) is 14.3. The predicted octanol–water partition coefficient (Wildman–Crippen LogP) is 5.52. The third-order valence-electron chi connectivity index (χ3n) is 6.99. The first kappa shape index (κ1) is 22.3. The molecule has 2 aromatic rings. The number of anilines is 2. The average molecular weight is 443 g/mol. The van der Waals surface area contributed by atoms with Crippen LogP contribution in [0.2, 0.25) is 5.28 Å². The Kier molecular flexibility index (Phi) is 6.45. The van der Waals surface area contributed by atoms with Crippen molar-refractivity contribution in [3.05, 3.63) is 45.9 Å². The lowest BCUT2D eigenvalue weighted by Gasteiger charge is -2.44. The molecule has 1 unspecified atom stereocenters. The Balaban J connectivity index is 1.71. The molecule has 0 radical (unpaired) electrons. The number of piperidine rings is 1. The number of ether oxygens (including phenoxy) is 1. The van der Waals surface area contributed by atoms with Crippen molar-refractivity contribution in [2.45, 2.75) is 84.5 Å². The minimum Gasteiger partial charge on any atom is -0.381 e. The minimum atomic E-state index is 0.298. The molecule has 0 bridgehead atoms. The molecule has 1 fully saturated rings. The van der Waals surface area contributed by atoms with Gasteiger partial charge in [-0.2, -0.15) is 0 Å². The monoisotopic (exact) mass is 442 g/mol. The van der Waals surface area contributed by atoms with Crippen LogP contribution in [0.3, 0.4) is 0 Å². The molecule has 0 amide bonds. The molecule has 0 spiro atoms. The molecule has 3 heterocycles. The fraction of sp³-hybridized carbons (Fsp3) is 0.600. The van der Waals surface area contributed by atoms with Crippen LogP contribution in [0.25, 0.3) is 0 Å². The predicted molar refractivity (Wildman–Crippen MR) is 128 cm³/mol. The number of benzene rings is 1. The van der Waals surface area contributed by atoms with E-state index in [1.807, 2.05) is 7.11 Å². The fourth-order valence-corrected chi connectivity index (χ4v) is 5.42. The maximum atomic E-state index is 6.40. The van der Waals surface area contributed by atoms with Gasteiger partial charge in [0.25, 0.3) is 0 Å². The molecule has 1 aromatic carbocycles. The number of methoxy groups -OCH3 is 1. The summed E-state index contributed by atoms with van der Waals surface area (Å²) in [6, 6.07) is 7.53. The maximum absolute atomic E-state index is 6.40. The summed E-state index contributed by atoms with van der Waals surface area (Å²) < 4.78 is 5.68. The maximum Gasteiger partial charge on any atom is 0.224 e. The molecule has 1 saturated heterocycles. The standard InChI is InChI=1S/C25H35ClN4O/c1-15(2)19-8-7-16(3)23(13-19)29-10-9-22-21(14-29)24(28-25(26)27-22)30-17(4)11-20(31-6)12-18(30)5/h7-8,13,15,17-18,20H,9-12,14H2,1-6H3/t17-,18+,20?. The number of hydrogen-bond acceptors (Lipinski definition) is 5. The summed E-state index contributed by atoms with van der Waals surface area (Å²) in [5.41, 5.74) is 6.32. The molecule has 2 aliphatic rings. The van der Waals surface area contributed by atoms with Crippen LogP contribution in [-0.2, 0) is 17.7 Å². The summed E-state index contributed by atoms with van der Waals surface area (Å²) in [6.07, 6.45) is 3.17. The number of halogens is 1. The van der Waals surface area contributed by atoms with Crippen molar-refractivity contribution >= 4 is 23.1 Å². The summed E-state index contributed by atoms with van der Waals surface area (Å²) in [5, 5.41) is 0.355. The van der Waals surface area contributed by atoms with Gasteiger partial charge in [0, 0.05) is 50.0 Å². The van der Waals surface area contributed by atoms with Crippen molar-refractivity contribution in [1.29, 1.82) is 0 Å². The first-order valence-electron chi connectivity index (χ1n) is 11.5. The third kappa shape index (κ3) is 4.40. The lowest BCUT2D eigenvalue weighted by Crippen LogP contribution is -2.50. The van der Waals surface area contributed by atoms with Crippen LogP contribution < -0.4 is 9.80 Å². The molecule has 0 saturated carbocycles. The van der Waals surface area contributed by atoms with Crippen LogP contribution in [0.5, 0.6) is 0 Å². The van der Waals surface area contributed by atoms with E-state index >= 15 is 0 Å². The minimum absolute atomic E-state index is 0.298. The highest BCUT2D eigenvalue weighted by Crippen LogP contribution is 2.37. The van der Waals surface area contributed by atoms with E-state index in [-0.39, 0.29) is 0 Å². The molecular weight excluding hydrogens is 408 g/mol. The van der Waals surface area contributed by atoms with Crippen LogP contribution in [0.15, 0.2) is 18.2 Å². The van der Waals surface area contributed by atoms with Gasteiger partial charge < -0.3 is 14.5 Å². The van der Waals surface area contributed by atoms with E-state index in [1.54, 1.807) is 0 Å². The van der Waals surface area contributed by atoms with E-state index in [4.69, 9.17) is 21.3 Å². The normalized spacial score (nSPS) is 23.9. The SMILES string of the molecule is COC1C[C@@H](C)N(c2nc(Cl)nc3c2CN(c2cc(C(C)C)ccc2C)CC3)[C@@H](C)C1. The van der Waals surface area contributed by atoms with E-state index in [0.717, 1.165) is 43.9 Å². The van der Waals surface area contributed by atoms with Gasteiger partial charge in [-0.25, -0.2) is 9.97 Å². The second-order valence-corrected chi connectivity index (χ2v) is 9.89. The Morgan fingerprint density at radius 3 is 2.48 bits per heavy atom. The highest BCUT2D eigenvalue weighted by molar-refractivity contribution is 6.28. The Morgan fingerprint density at radius 2 is 1.84 bits per heavy atom. The fourth-order valence-electron chi connectivity index (χ4n) is 5.24. The van der Waals surface area contributed by atoms with Crippen LogP contribution >= 0.6 is 11.6 Å². The molecule has 3 atom stereocenters. The van der Waals surface area contributed by atoms with Gasteiger partial charge in [0.2, 0.25) is 5.28 Å². The zero-order chi connectivity index (χ0) is 22.3. The molecule has 0 aliphatic carbocycles. The molecule has 168 valence electrons. The van der Waals surface area contributed by atoms with Gasteiger partial charge in [-0.3, -0.25) is 0 Å². The lowest BCUT2D eigenvalue weighted by molar-refractivity contribution is 0.0611. The smallest absolute Gasteiger partial charge is 0.224 e. The molecule has 6 heteroatoms. The second-order valence-electron chi connectivity index (χ2n) is 9.55. The van der Waals surface area contributed by atoms with Gasteiger partial charge in [0.15, 0.2) is 0 Å². The van der Waals surface area contributed by atoms with Gasteiger partial charge in [0.05, 0.1) is 11.8 Å². The van der Waals surface area contributed by atoms with Crippen molar-refractivity contribution in [3.63, 3.8) is 0 Å². The highest BCUT2D eigenvalue weighted by atomic mass is 35.5. The van der Waals surface area contributed by atoms with Crippen molar-refractivity contribution < 1.29 is 4.74 Å². The first-order chi connectivity index (χ1) is 14.8. The Morgan fingerprint density at radius 1 is 1.13 bits per heavy atom. The van der Waals surface area contributed by atoms with Crippen LogP contribution in [0.4, 0.5) is 11.5 Å². The van der Waals surface area contributed by atoms with Crippen LogP contribution in [-0.4, -0.2) is 41.8 Å². The van der Waals surface area contributed by atoms with E-state index in [2.05, 4.69) is 67.6 Å². The largest absolute Gasteiger partial charge is 0.381 e. The number of aromatic nitrogens is 2. The zero-order valence-corrected chi connectivity index (χ0v) is 20.4. The topological polar surface area (TPSA) is 41.5 Å². The van der Waals surface area contributed by atoms with Crippen LogP contribution in [0, 0.1) is 6.92 Å². The molecule has 31 heavy (non-hydrogen) atoms. The first-order valence-corrected chi connectivity index (χ1v) is 11.9. The van der Waals surface area contributed by atoms with E-state index in [0.29, 0.717) is 29.4 Å². The summed E-state index contributed by atoms with van der Waals surface area (Å²) in [5.74, 6) is 1.52. The molecular formula is C25H35ClN4O. The van der Waals surface area contributed by atoms with Crippen molar-refractivity contribution in [2.24, 2.45) is 0 Å². The van der Waals surface area contributed by atoms with E-state index in [9.17, 15) is 0 Å². The average Bonchev–Trinajstić information content (AvgIpc) is 2.73. The summed E-state index contributed by atoms with van der Waals surface area (Å²) in [6.45, 7) is 13.0. The number of nitrogens with zero attached hydrogens (tertiary/aromatic N) is 4. The van der Waals surface area contributed by atoms with Gasteiger partial charge >= 0.3 is 0 Å². The van der Waals surface area contributed by atoms with E-state index < -0.39 is 0 Å². The second kappa shape index (κ2) is 8.95. The third-order valence-corrected chi connectivity index (χ3v) is 7.16. The number of aryl methyl sites for hydroxylation is 1. The van der Waals surface area contributed by atoms with Crippen molar-refractivity contribution in [1.82, 2.24) is 9.97 Å². The Bertz CT molecular complexity index is 935. The quantitative estimate of drug-likeness (QED) is 0.583. The molecule has 4 rings (SSSR count).